The average molecular weight is 715 g/mol. The van der Waals surface area contributed by atoms with E-state index in [1.807, 2.05) is 32.0 Å². The van der Waals surface area contributed by atoms with Crippen LogP contribution in [-0.4, -0.2) is 92.6 Å². The van der Waals surface area contributed by atoms with E-state index in [1.54, 1.807) is 28.4 Å². The molecular weight excluding hydrogens is 653 g/mol. The molecular formula is C38H62N6O5S. The van der Waals surface area contributed by atoms with E-state index >= 15 is 0 Å². The second-order valence-electron chi connectivity index (χ2n) is 14.7. The smallest absolute Gasteiger partial charge is 0.241 e. The molecule has 0 aliphatic heterocycles. The van der Waals surface area contributed by atoms with Gasteiger partial charge < -0.3 is 31.1 Å². The van der Waals surface area contributed by atoms with Gasteiger partial charge >= 0.3 is 0 Å². The summed E-state index contributed by atoms with van der Waals surface area (Å²) in [6.07, 6.45) is 8.39. The first-order valence-electron chi connectivity index (χ1n) is 18.7. The van der Waals surface area contributed by atoms with E-state index < -0.39 is 24.2 Å². The summed E-state index contributed by atoms with van der Waals surface area (Å²) in [7, 11) is 1.74. The standard InChI is InChI=1S/C38H62N6O5S/c1-6-27(7-2)23-44(24-35(47)43(5)18-16-30-15-11-12-17-40-30)34(46)22-29(21-31-25-50-38(39)41-31)37(49)42-32(20-28-13-9-8-10-14-28)36(48)33(45)19-26(3)4/h11-12,15,17,25-29,32-33,36,45,48H,6-10,13-14,16,18-24H2,1-5H3,(H2,39,41)(H,42,49)/t29-,32+,33+,36-/m1/s1. The molecule has 0 bridgehead atoms. The lowest BCUT2D eigenvalue weighted by molar-refractivity contribution is -0.142. The van der Waals surface area contributed by atoms with Crippen molar-refractivity contribution in [3.63, 3.8) is 0 Å². The van der Waals surface area contributed by atoms with Crippen LogP contribution in [0, 0.1) is 23.7 Å². The summed E-state index contributed by atoms with van der Waals surface area (Å²) < 4.78 is 0. The van der Waals surface area contributed by atoms with Crippen LogP contribution in [0.5, 0.6) is 0 Å². The minimum Gasteiger partial charge on any atom is -0.390 e. The molecule has 0 aromatic carbocycles. The molecule has 5 N–H and O–H groups in total. The summed E-state index contributed by atoms with van der Waals surface area (Å²) in [6.45, 7) is 8.92. The molecule has 50 heavy (non-hydrogen) atoms. The molecule has 11 nitrogen and oxygen atoms in total. The number of nitrogens with two attached hydrogens (primary N) is 1. The summed E-state index contributed by atoms with van der Waals surface area (Å²) in [5.41, 5.74) is 7.43. The molecule has 2 aromatic rings. The van der Waals surface area contributed by atoms with Gasteiger partial charge in [0.15, 0.2) is 5.13 Å². The van der Waals surface area contributed by atoms with Crippen molar-refractivity contribution in [2.24, 2.45) is 23.7 Å². The molecule has 4 atom stereocenters. The number of nitrogen functional groups attached to an aromatic ring is 1. The Morgan fingerprint density at radius 2 is 1.78 bits per heavy atom. The predicted molar refractivity (Wildman–Crippen MR) is 199 cm³/mol. The fraction of sp³-hybridized carbons (Fsp3) is 0.711. The first kappa shape index (κ1) is 41.3. The molecule has 0 spiro atoms. The Hall–Kier alpha value is -3.09. The summed E-state index contributed by atoms with van der Waals surface area (Å²) >= 11 is 1.28. The number of aliphatic hydroxyl groups is 2. The van der Waals surface area contributed by atoms with Crippen molar-refractivity contribution in [1.82, 2.24) is 25.1 Å². The second kappa shape index (κ2) is 21.3. The Balaban J connectivity index is 1.82. The molecule has 2 aromatic heterocycles. The number of hydrogen-bond donors (Lipinski definition) is 4. The van der Waals surface area contributed by atoms with Crippen LogP contribution in [0.15, 0.2) is 29.8 Å². The lowest BCUT2D eigenvalue weighted by Crippen LogP contribution is -2.52. The molecule has 3 rings (SSSR count). The highest BCUT2D eigenvalue weighted by Crippen LogP contribution is 2.29. The third kappa shape index (κ3) is 13.9. The number of thiazole rings is 1. The Bertz CT molecular complexity index is 1300. The highest BCUT2D eigenvalue weighted by molar-refractivity contribution is 7.13. The van der Waals surface area contributed by atoms with E-state index in [2.05, 4.69) is 29.1 Å². The third-order valence-electron chi connectivity index (χ3n) is 10.1. The molecule has 0 radical (unpaired) electrons. The van der Waals surface area contributed by atoms with Crippen LogP contribution in [0.1, 0.15) is 103 Å². The largest absolute Gasteiger partial charge is 0.390 e. The van der Waals surface area contributed by atoms with Crippen molar-refractivity contribution >= 4 is 34.2 Å². The number of likely N-dealkylation sites (N-methyl/N-ethyl adjacent to an activating group) is 1. The van der Waals surface area contributed by atoms with Crippen LogP contribution in [-0.2, 0) is 27.2 Å². The van der Waals surface area contributed by atoms with E-state index in [9.17, 15) is 24.6 Å². The summed E-state index contributed by atoms with van der Waals surface area (Å²) in [5, 5.41) is 27.6. The minimum absolute atomic E-state index is 0.0869. The van der Waals surface area contributed by atoms with Gasteiger partial charge in [0.05, 0.1) is 30.3 Å². The van der Waals surface area contributed by atoms with Gasteiger partial charge in [-0.1, -0.05) is 78.7 Å². The number of carbonyl (C=O) groups is 3. The molecule has 0 saturated heterocycles. The predicted octanol–water partition coefficient (Wildman–Crippen LogP) is 4.86. The second-order valence-corrected chi connectivity index (χ2v) is 15.6. The van der Waals surface area contributed by atoms with Crippen LogP contribution in [0.3, 0.4) is 0 Å². The van der Waals surface area contributed by atoms with E-state index in [4.69, 9.17) is 5.73 Å². The van der Waals surface area contributed by atoms with Crippen molar-refractivity contribution in [2.75, 3.05) is 32.4 Å². The maximum atomic E-state index is 14.2. The number of aliphatic hydroxyl groups excluding tert-OH is 2. The van der Waals surface area contributed by atoms with Gasteiger partial charge in [0.2, 0.25) is 17.7 Å². The first-order chi connectivity index (χ1) is 23.9. The summed E-state index contributed by atoms with van der Waals surface area (Å²) in [6, 6.07) is 5.03. The fourth-order valence-corrected chi connectivity index (χ4v) is 7.45. The monoisotopic (exact) mass is 714 g/mol. The molecule has 2 heterocycles. The van der Waals surface area contributed by atoms with Gasteiger partial charge in [-0.05, 0) is 42.7 Å². The Labute approximate surface area is 303 Å². The summed E-state index contributed by atoms with van der Waals surface area (Å²) in [4.78, 5) is 53.8. The normalized spacial score (nSPS) is 16.2. The van der Waals surface area contributed by atoms with Crippen LogP contribution >= 0.6 is 11.3 Å². The van der Waals surface area contributed by atoms with Crippen molar-refractivity contribution in [2.45, 2.75) is 123 Å². The number of anilines is 1. The Kier molecular flexibility index (Phi) is 17.6. The number of hydrogen-bond acceptors (Lipinski definition) is 9. The van der Waals surface area contributed by atoms with Gasteiger partial charge in [0.1, 0.15) is 6.10 Å². The van der Waals surface area contributed by atoms with E-state index in [0.29, 0.717) is 49.1 Å². The molecule has 1 fully saturated rings. The Morgan fingerprint density at radius 3 is 2.38 bits per heavy atom. The zero-order valence-electron chi connectivity index (χ0n) is 30.9. The number of carbonyl (C=O) groups excluding carboxylic acids is 3. The highest BCUT2D eigenvalue weighted by atomic mass is 32.1. The zero-order chi connectivity index (χ0) is 36.6. The number of nitrogens with zero attached hydrogens (tertiary/aromatic N) is 4. The van der Waals surface area contributed by atoms with Crippen LogP contribution in [0.4, 0.5) is 5.13 Å². The zero-order valence-corrected chi connectivity index (χ0v) is 31.7. The highest BCUT2D eigenvalue weighted by Gasteiger charge is 2.34. The quantitative estimate of drug-likeness (QED) is 0.143. The van der Waals surface area contributed by atoms with Gasteiger partial charge in [-0.25, -0.2) is 4.98 Å². The molecule has 3 amide bonds. The van der Waals surface area contributed by atoms with Crippen molar-refractivity contribution < 1.29 is 24.6 Å². The fourth-order valence-electron chi connectivity index (χ4n) is 6.87. The number of nitrogens with one attached hydrogen (secondary N) is 1. The van der Waals surface area contributed by atoms with Crippen LogP contribution < -0.4 is 11.1 Å². The molecule has 12 heteroatoms. The Morgan fingerprint density at radius 1 is 1.06 bits per heavy atom. The number of amides is 3. The maximum absolute atomic E-state index is 14.2. The van der Waals surface area contributed by atoms with Gasteiger partial charge in [0.25, 0.3) is 0 Å². The molecule has 1 aliphatic rings. The topological polar surface area (TPSA) is 162 Å². The molecule has 280 valence electrons. The van der Waals surface area contributed by atoms with Crippen LogP contribution in [0.25, 0.3) is 0 Å². The van der Waals surface area contributed by atoms with E-state index in [1.165, 1.54) is 17.8 Å². The van der Waals surface area contributed by atoms with Crippen molar-refractivity contribution in [1.29, 1.82) is 0 Å². The van der Waals surface area contributed by atoms with Crippen molar-refractivity contribution in [3.05, 3.63) is 41.2 Å². The molecule has 1 aliphatic carbocycles. The SMILES string of the molecule is CCC(CC)CN(CC(=O)N(C)CCc1ccccn1)C(=O)C[C@@H](Cc1csc(N)n1)C(=O)N[C@@H](CC1CCCCC1)[C@@H](O)[C@@H](O)CC(C)C. The molecule has 0 unspecified atom stereocenters. The van der Waals surface area contributed by atoms with Crippen molar-refractivity contribution in [3.8, 4) is 0 Å². The maximum Gasteiger partial charge on any atom is 0.241 e. The number of pyridine rings is 1. The number of rotatable bonds is 21. The average Bonchev–Trinajstić information content (AvgIpc) is 3.52. The lowest BCUT2D eigenvalue weighted by Gasteiger charge is -2.34. The minimum atomic E-state index is -1.14. The van der Waals surface area contributed by atoms with Gasteiger partial charge in [-0.15, -0.1) is 11.3 Å². The third-order valence-corrected chi connectivity index (χ3v) is 10.9. The molecule has 1 saturated carbocycles. The first-order valence-corrected chi connectivity index (χ1v) is 19.6. The van der Waals surface area contributed by atoms with E-state index in [-0.39, 0.29) is 48.9 Å². The van der Waals surface area contributed by atoms with E-state index in [0.717, 1.165) is 44.2 Å². The lowest BCUT2D eigenvalue weighted by atomic mass is 9.82. The van der Waals surface area contributed by atoms with Crippen LogP contribution in [0.2, 0.25) is 0 Å². The van der Waals surface area contributed by atoms with Gasteiger partial charge in [-0.2, -0.15) is 0 Å². The van der Waals surface area contributed by atoms with Gasteiger partial charge in [0, 0.05) is 56.7 Å². The summed E-state index contributed by atoms with van der Waals surface area (Å²) in [5.74, 6) is -0.933. The van der Waals surface area contributed by atoms with Gasteiger partial charge in [-0.3, -0.25) is 19.4 Å². The number of aromatic nitrogens is 2.